The highest BCUT2D eigenvalue weighted by atomic mass is 35.5. The van der Waals surface area contributed by atoms with Crippen LogP contribution in [0.15, 0.2) is 42.5 Å². The fourth-order valence-electron chi connectivity index (χ4n) is 4.20. The molecule has 0 unspecified atom stereocenters. The Bertz CT molecular complexity index is 1490. The van der Waals surface area contributed by atoms with Crippen molar-refractivity contribution in [2.75, 3.05) is 25.1 Å². The van der Waals surface area contributed by atoms with E-state index in [1.165, 1.54) is 12.7 Å². The lowest BCUT2D eigenvalue weighted by Gasteiger charge is -2.26. The summed E-state index contributed by atoms with van der Waals surface area (Å²) in [6.45, 7) is 3.51. The lowest BCUT2D eigenvalue weighted by molar-refractivity contribution is 0.0743. The van der Waals surface area contributed by atoms with Gasteiger partial charge in [0.05, 0.1) is 16.4 Å². The summed E-state index contributed by atoms with van der Waals surface area (Å²) in [5, 5.41) is 7.56. The number of benzene rings is 2. The molecule has 1 aliphatic rings. The minimum atomic E-state index is -3.06. The fourth-order valence-corrected chi connectivity index (χ4v) is 6.34. The number of nitrogens with zero attached hydrogens (tertiary/aromatic N) is 3. The molecule has 7 nitrogen and oxygen atoms in total. The zero-order valence-corrected chi connectivity index (χ0v) is 24.3. The van der Waals surface area contributed by atoms with Gasteiger partial charge >= 0.3 is 0 Å². The third-order valence-corrected chi connectivity index (χ3v) is 9.13. The lowest BCUT2D eigenvalue weighted by Crippen LogP contribution is -2.45. The lowest BCUT2D eigenvalue weighted by atomic mass is 10.0. The van der Waals surface area contributed by atoms with Gasteiger partial charge in [0.1, 0.15) is 0 Å². The molecule has 11 heteroatoms. The minimum Gasteiger partial charge on any atom is -0.283 e. The Morgan fingerprint density at radius 3 is 2.47 bits per heavy atom. The van der Waals surface area contributed by atoms with Crippen LogP contribution in [0.5, 0.6) is 0 Å². The van der Waals surface area contributed by atoms with E-state index in [4.69, 9.17) is 28.3 Å². The molecule has 0 bridgehead atoms. The Morgan fingerprint density at radius 1 is 1.11 bits per heavy atom. The zero-order chi connectivity index (χ0) is 27.3. The highest BCUT2D eigenvalue weighted by Gasteiger charge is 2.25. The molecule has 0 spiro atoms. The molecular formula is C27H28Cl2N4O3S2. The van der Waals surface area contributed by atoms with Crippen molar-refractivity contribution >= 4 is 48.8 Å². The molecule has 1 saturated heterocycles. The molecule has 1 aliphatic heterocycles. The van der Waals surface area contributed by atoms with Crippen molar-refractivity contribution in [3.05, 3.63) is 69.3 Å². The van der Waals surface area contributed by atoms with Crippen molar-refractivity contribution in [2.24, 2.45) is 0 Å². The van der Waals surface area contributed by atoms with Crippen LogP contribution in [0.25, 0.3) is 16.9 Å². The number of nitrogens with one attached hydrogen (secondary N) is 1. The average molecular weight is 592 g/mol. The second-order valence-electron chi connectivity index (χ2n) is 8.97. The number of rotatable bonds is 7. The normalized spacial score (nSPS) is 14.1. The number of hydrogen-bond donors (Lipinski definition) is 1. The van der Waals surface area contributed by atoms with Crippen LogP contribution in [0, 0.1) is 18.8 Å². The number of hydrazine groups is 1. The van der Waals surface area contributed by atoms with Crippen molar-refractivity contribution in [3.8, 4) is 28.8 Å². The van der Waals surface area contributed by atoms with E-state index in [0.29, 0.717) is 33.6 Å². The molecule has 2 heterocycles. The number of halogens is 2. The van der Waals surface area contributed by atoms with Crippen LogP contribution >= 0.6 is 34.0 Å². The van der Waals surface area contributed by atoms with Crippen LogP contribution in [0.2, 0.25) is 10.0 Å². The van der Waals surface area contributed by atoms with Crippen molar-refractivity contribution in [2.45, 2.75) is 32.6 Å². The molecule has 38 heavy (non-hydrogen) atoms. The van der Waals surface area contributed by atoms with Crippen molar-refractivity contribution < 1.29 is 13.2 Å². The van der Waals surface area contributed by atoms with E-state index in [9.17, 15) is 13.2 Å². The van der Waals surface area contributed by atoms with E-state index >= 15 is 0 Å². The van der Waals surface area contributed by atoms with Gasteiger partial charge < -0.3 is 0 Å². The molecule has 1 aromatic heterocycles. The van der Waals surface area contributed by atoms with E-state index in [0.717, 1.165) is 59.1 Å². The predicted octanol–water partition coefficient (Wildman–Crippen LogP) is 5.72. The maximum absolute atomic E-state index is 13.2. The van der Waals surface area contributed by atoms with E-state index in [2.05, 4.69) is 17.3 Å². The van der Waals surface area contributed by atoms with Crippen LogP contribution in [0.4, 0.5) is 0 Å². The molecule has 1 fully saturated rings. The molecule has 2 aromatic carbocycles. The topological polar surface area (TPSA) is 84.3 Å². The first-order valence-electron chi connectivity index (χ1n) is 12.2. The van der Waals surface area contributed by atoms with Crippen LogP contribution in [0.3, 0.4) is 0 Å². The Balaban J connectivity index is 1.65. The smallest absolute Gasteiger partial charge is 0.283 e. The van der Waals surface area contributed by atoms with Gasteiger partial charge in [-0.15, -0.1) is 0 Å². The number of amides is 1. The van der Waals surface area contributed by atoms with E-state index in [1.54, 1.807) is 22.9 Å². The number of carbonyl (C=O) groups excluding carboxylic acids is 1. The van der Waals surface area contributed by atoms with Crippen LogP contribution < -0.4 is 5.43 Å². The summed E-state index contributed by atoms with van der Waals surface area (Å²) in [5.41, 5.74) is 7.04. The summed E-state index contributed by atoms with van der Waals surface area (Å²) in [6, 6.07) is 12.8. The Labute approximate surface area is 237 Å². The summed E-state index contributed by atoms with van der Waals surface area (Å²) < 4.78 is 24.2. The van der Waals surface area contributed by atoms with Gasteiger partial charge in [0.2, 0.25) is 0 Å². The van der Waals surface area contributed by atoms with Crippen molar-refractivity contribution in [1.82, 2.24) is 20.2 Å². The molecule has 1 N–H and O–H groups in total. The van der Waals surface area contributed by atoms with E-state index < -0.39 is 8.87 Å². The summed E-state index contributed by atoms with van der Waals surface area (Å²) >= 11 is 12.7. The molecule has 0 atom stereocenters. The van der Waals surface area contributed by atoms with Gasteiger partial charge in [-0.2, -0.15) is 5.10 Å². The van der Waals surface area contributed by atoms with Crippen LogP contribution in [0.1, 0.15) is 47.3 Å². The summed E-state index contributed by atoms with van der Waals surface area (Å²) in [4.78, 5) is 13.2. The van der Waals surface area contributed by atoms with Gasteiger partial charge in [0.15, 0.2) is 14.6 Å². The van der Waals surface area contributed by atoms with E-state index in [1.807, 2.05) is 36.2 Å². The number of piperidine rings is 1. The highest BCUT2D eigenvalue weighted by Crippen LogP contribution is 2.33. The number of hydrogen-bond acceptors (Lipinski definition) is 6. The zero-order valence-electron chi connectivity index (χ0n) is 21.1. The average Bonchev–Trinajstić information content (AvgIpc) is 3.21. The van der Waals surface area contributed by atoms with Crippen molar-refractivity contribution in [1.29, 1.82) is 0 Å². The predicted molar refractivity (Wildman–Crippen MR) is 155 cm³/mol. The quantitative estimate of drug-likeness (QED) is 0.215. The summed E-state index contributed by atoms with van der Waals surface area (Å²) in [6.07, 6.45) is 4.92. The fraction of sp³-hybridized carbons (Fsp3) is 0.333. The summed E-state index contributed by atoms with van der Waals surface area (Å²) in [5.74, 6) is 6.24. The molecule has 4 rings (SSSR count). The molecule has 3 aromatic rings. The number of aromatic nitrogens is 2. The van der Waals surface area contributed by atoms with Gasteiger partial charge in [0.25, 0.3) is 5.91 Å². The molecule has 0 radical (unpaired) electrons. The first-order valence-corrected chi connectivity index (χ1v) is 16.3. The second kappa shape index (κ2) is 12.6. The van der Waals surface area contributed by atoms with Gasteiger partial charge in [-0.25, -0.2) is 18.1 Å². The molecule has 200 valence electrons. The third-order valence-electron chi connectivity index (χ3n) is 6.01. The SMILES string of the molecule is Cc1c(C(=O)NN2CCCCC2)nn(-c2ccc(Cl)cc2Cl)c1-c1ccc(C#CCCSS(C)(=O)=O)cc1. The molecule has 0 aliphatic carbocycles. The summed E-state index contributed by atoms with van der Waals surface area (Å²) in [7, 11) is -2.17. The largest absolute Gasteiger partial charge is 0.286 e. The third kappa shape index (κ3) is 7.33. The van der Waals surface area contributed by atoms with Gasteiger partial charge in [0, 0.05) is 53.2 Å². The Kier molecular flexibility index (Phi) is 9.45. The molecular weight excluding hydrogens is 563 g/mol. The second-order valence-corrected chi connectivity index (χ2v) is 14.4. The first-order chi connectivity index (χ1) is 18.1. The molecule has 1 amide bonds. The van der Waals surface area contributed by atoms with Crippen molar-refractivity contribution in [3.63, 3.8) is 0 Å². The maximum atomic E-state index is 13.2. The van der Waals surface area contributed by atoms with Crippen LogP contribution in [-0.4, -0.2) is 54.2 Å². The maximum Gasteiger partial charge on any atom is 0.286 e. The van der Waals surface area contributed by atoms with Gasteiger partial charge in [-0.3, -0.25) is 10.2 Å². The minimum absolute atomic E-state index is 0.260. The van der Waals surface area contributed by atoms with E-state index in [-0.39, 0.29) is 5.91 Å². The standard InChI is InChI=1S/C27H28Cl2N4O3S2/c1-19-25(27(34)31-32-15-5-3-6-16-32)30-33(24-14-13-22(28)18-23(24)29)26(19)21-11-9-20(10-12-21)8-4-7-17-37-38(2,35)36/h9-14,18H,3,5-7,15-17H2,1-2H3,(H,31,34). The Morgan fingerprint density at radius 2 is 1.82 bits per heavy atom. The highest BCUT2D eigenvalue weighted by molar-refractivity contribution is 8.71. The van der Waals surface area contributed by atoms with Gasteiger partial charge in [-0.1, -0.05) is 53.6 Å². The van der Waals surface area contributed by atoms with Gasteiger partial charge in [-0.05, 0) is 60.9 Å². The van der Waals surface area contributed by atoms with Crippen LogP contribution in [-0.2, 0) is 8.87 Å². The number of carbonyl (C=O) groups is 1. The molecule has 0 saturated carbocycles. The Hall–Kier alpha value is -2.48. The first kappa shape index (κ1) is 28.5. The monoisotopic (exact) mass is 590 g/mol.